The number of carbonyl (C=O) groups is 1. The summed E-state index contributed by atoms with van der Waals surface area (Å²) in [6, 6.07) is 0.494. The summed E-state index contributed by atoms with van der Waals surface area (Å²) in [6.45, 7) is 2.32. The van der Waals surface area contributed by atoms with Gasteiger partial charge in [-0.05, 0) is 12.5 Å². The first-order valence-corrected chi connectivity index (χ1v) is 9.41. The van der Waals surface area contributed by atoms with Crippen molar-refractivity contribution >= 4 is 5.97 Å². The van der Waals surface area contributed by atoms with E-state index in [4.69, 9.17) is 4.74 Å². The van der Waals surface area contributed by atoms with Crippen LogP contribution in [0.3, 0.4) is 0 Å². The van der Waals surface area contributed by atoms with Crippen LogP contribution < -0.4 is 4.74 Å². The van der Waals surface area contributed by atoms with Gasteiger partial charge in [-0.15, -0.1) is 0 Å². The zero-order valence-electron chi connectivity index (χ0n) is 15.7. The van der Waals surface area contributed by atoms with Crippen LogP contribution in [-0.2, 0) is 4.74 Å². The first kappa shape index (κ1) is 22.3. The minimum atomic E-state index is -1.46. The molecule has 0 fully saturated rings. The number of hydrogen-bond donors (Lipinski definition) is 0. The van der Waals surface area contributed by atoms with Crippen LogP contribution in [0.1, 0.15) is 81.5 Å². The Bertz CT molecular complexity index is 562. The lowest BCUT2D eigenvalue weighted by Crippen LogP contribution is -2.11. The summed E-state index contributed by atoms with van der Waals surface area (Å²) in [7, 11) is 1.000. The van der Waals surface area contributed by atoms with E-state index in [2.05, 4.69) is 11.7 Å². The Hall–Kier alpha value is -1.72. The number of esters is 1. The lowest BCUT2D eigenvalue weighted by molar-refractivity contribution is 0.0490. The number of ether oxygens (including phenoxy) is 2. The fraction of sp³-hybridized carbons (Fsp3) is 0.650. The molecule has 0 atom stereocenters. The van der Waals surface area contributed by atoms with Crippen LogP contribution in [0.15, 0.2) is 6.07 Å². The van der Waals surface area contributed by atoms with E-state index < -0.39 is 34.7 Å². The van der Waals surface area contributed by atoms with Crippen molar-refractivity contribution in [3.63, 3.8) is 0 Å². The minimum absolute atomic E-state index is 0.121. The fourth-order valence-electron chi connectivity index (χ4n) is 2.74. The van der Waals surface area contributed by atoms with E-state index >= 15 is 0 Å². The second-order valence-corrected chi connectivity index (χ2v) is 6.39. The second kappa shape index (κ2) is 12.6. The SMILES string of the molecule is CCCCCCCCCCCCOC(=O)c1cc(F)c(F)c(OC)c1F. The van der Waals surface area contributed by atoms with Gasteiger partial charge in [0.15, 0.2) is 17.4 Å². The molecule has 6 heteroatoms. The van der Waals surface area contributed by atoms with E-state index in [0.29, 0.717) is 12.5 Å². The van der Waals surface area contributed by atoms with Crippen LogP contribution in [0.25, 0.3) is 0 Å². The Kier molecular flexibility index (Phi) is 10.8. The molecule has 0 aliphatic rings. The van der Waals surface area contributed by atoms with Crippen molar-refractivity contribution in [3.05, 3.63) is 29.1 Å². The predicted molar refractivity (Wildman–Crippen MR) is 95.0 cm³/mol. The van der Waals surface area contributed by atoms with Gasteiger partial charge in [0.25, 0.3) is 0 Å². The molecule has 0 bridgehead atoms. The molecule has 1 aromatic rings. The molecule has 0 aliphatic carbocycles. The number of methoxy groups -OCH3 is 1. The van der Waals surface area contributed by atoms with Crippen molar-refractivity contribution in [3.8, 4) is 5.75 Å². The summed E-state index contributed by atoms with van der Waals surface area (Å²) in [5.41, 5.74) is -0.659. The van der Waals surface area contributed by atoms with Crippen molar-refractivity contribution in [2.75, 3.05) is 13.7 Å². The minimum Gasteiger partial charge on any atom is -0.491 e. The largest absolute Gasteiger partial charge is 0.491 e. The van der Waals surface area contributed by atoms with Gasteiger partial charge in [-0.2, -0.15) is 4.39 Å². The number of halogens is 3. The van der Waals surface area contributed by atoms with Gasteiger partial charge in [0, 0.05) is 0 Å². The Morgan fingerprint density at radius 2 is 1.42 bits per heavy atom. The van der Waals surface area contributed by atoms with E-state index in [-0.39, 0.29) is 6.61 Å². The molecule has 3 nitrogen and oxygen atoms in total. The van der Waals surface area contributed by atoms with E-state index in [1.165, 1.54) is 38.5 Å². The van der Waals surface area contributed by atoms with Gasteiger partial charge in [0.1, 0.15) is 5.56 Å². The smallest absolute Gasteiger partial charge is 0.341 e. The zero-order chi connectivity index (χ0) is 19.4. The van der Waals surface area contributed by atoms with Crippen molar-refractivity contribution < 1.29 is 27.4 Å². The summed E-state index contributed by atoms with van der Waals surface area (Å²) in [5, 5.41) is 0. The van der Waals surface area contributed by atoms with Gasteiger partial charge in [-0.25, -0.2) is 13.6 Å². The van der Waals surface area contributed by atoms with Crippen LogP contribution in [0.4, 0.5) is 13.2 Å². The highest BCUT2D eigenvalue weighted by atomic mass is 19.2. The average Bonchev–Trinajstić information content (AvgIpc) is 2.63. The molecular weight excluding hydrogens is 345 g/mol. The number of unbranched alkanes of at least 4 members (excludes halogenated alkanes) is 9. The monoisotopic (exact) mass is 374 g/mol. The van der Waals surface area contributed by atoms with Crippen LogP contribution in [-0.4, -0.2) is 19.7 Å². The topological polar surface area (TPSA) is 35.5 Å². The van der Waals surface area contributed by atoms with E-state index in [1.807, 2.05) is 0 Å². The lowest BCUT2D eigenvalue weighted by atomic mass is 10.1. The molecule has 0 spiro atoms. The molecule has 0 N–H and O–H groups in total. The first-order valence-electron chi connectivity index (χ1n) is 9.41. The number of benzene rings is 1. The summed E-state index contributed by atoms with van der Waals surface area (Å²) >= 11 is 0. The Morgan fingerprint density at radius 1 is 0.885 bits per heavy atom. The molecule has 1 aromatic carbocycles. The molecule has 0 radical (unpaired) electrons. The standard InChI is InChI=1S/C20H29F3O3/c1-3-4-5-6-7-8-9-10-11-12-13-26-20(24)15-14-16(21)18(23)19(25-2)17(15)22/h14H,3-13H2,1-2H3. The fourth-order valence-corrected chi connectivity index (χ4v) is 2.74. The second-order valence-electron chi connectivity index (χ2n) is 6.39. The van der Waals surface area contributed by atoms with Crippen molar-refractivity contribution in [2.24, 2.45) is 0 Å². The van der Waals surface area contributed by atoms with Crippen molar-refractivity contribution in [1.29, 1.82) is 0 Å². The lowest BCUT2D eigenvalue weighted by Gasteiger charge is -2.09. The zero-order valence-corrected chi connectivity index (χ0v) is 15.7. The summed E-state index contributed by atoms with van der Waals surface area (Å²) in [5.74, 6) is -6.00. The Morgan fingerprint density at radius 3 is 1.96 bits per heavy atom. The van der Waals surface area contributed by atoms with Gasteiger partial charge < -0.3 is 9.47 Å². The van der Waals surface area contributed by atoms with Crippen LogP contribution in [0.2, 0.25) is 0 Å². The third kappa shape index (κ3) is 7.26. The van der Waals surface area contributed by atoms with Gasteiger partial charge >= 0.3 is 5.97 Å². The maximum absolute atomic E-state index is 14.0. The predicted octanol–water partition coefficient (Wildman–Crippen LogP) is 6.19. The first-order chi connectivity index (χ1) is 12.5. The van der Waals surface area contributed by atoms with Crippen LogP contribution in [0.5, 0.6) is 5.75 Å². The van der Waals surface area contributed by atoms with Crippen molar-refractivity contribution in [1.82, 2.24) is 0 Å². The van der Waals surface area contributed by atoms with Gasteiger partial charge in [-0.3, -0.25) is 0 Å². The quantitative estimate of drug-likeness (QED) is 0.235. The van der Waals surface area contributed by atoms with Gasteiger partial charge in [0.2, 0.25) is 5.82 Å². The van der Waals surface area contributed by atoms with Gasteiger partial charge in [0.05, 0.1) is 13.7 Å². The molecular formula is C20H29F3O3. The maximum atomic E-state index is 14.0. The molecule has 148 valence electrons. The van der Waals surface area contributed by atoms with Crippen molar-refractivity contribution in [2.45, 2.75) is 71.1 Å². The highest BCUT2D eigenvalue weighted by molar-refractivity contribution is 5.90. The highest BCUT2D eigenvalue weighted by Gasteiger charge is 2.24. The summed E-state index contributed by atoms with van der Waals surface area (Å²) in [4.78, 5) is 11.9. The Labute approximate surface area is 153 Å². The van der Waals surface area contributed by atoms with E-state index in [9.17, 15) is 18.0 Å². The number of rotatable bonds is 13. The molecule has 1 rings (SSSR count). The highest BCUT2D eigenvalue weighted by Crippen LogP contribution is 2.27. The maximum Gasteiger partial charge on any atom is 0.341 e. The van der Waals surface area contributed by atoms with Crippen LogP contribution in [0, 0.1) is 17.5 Å². The molecule has 0 heterocycles. The molecule has 0 saturated heterocycles. The molecule has 0 aliphatic heterocycles. The normalized spacial score (nSPS) is 10.8. The third-order valence-corrected chi connectivity index (χ3v) is 4.27. The van der Waals surface area contributed by atoms with Gasteiger partial charge in [-0.1, -0.05) is 64.7 Å². The molecule has 0 unspecified atom stereocenters. The summed E-state index contributed by atoms with van der Waals surface area (Å²) < 4.78 is 50.1. The number of hydrogen-bond acceptors (Lipinski definition) is 3. The summed E-state index contributed by atoms with van der Waals surface area (Å²) in [6.07, 6.45) is 11.4. The molecule has 0 saturated carbocycles. The number of carbonyl (C=O) groups excluding carboxylic acids is 1. The average molecular weight is 374 g/mol. The molecule has 0 aromatic heterocycles. The van der Waals surface area contributed by atoms with E-state index in [1.54, 1.807) is 0 Å². The third-order valence-electron chi connectivity index (χ3n) is 4.27. The van der Waals surface area contributed by atoms with E-state index in [0.717, 1.165) is 26.4 Å². The Balaban J connectivity index is 2.24. The molecule has 0 amide bonds. The van der Waals surface area contributed by atoms with Crippen LogP contribution >= 0.6 is 0 Å². The molecule has 26 heavy (non-hydrogen) atoms.